The van der Waals surface area contributed by atoms with E-state index in [0.717, 1.165) is 14.2 Å². The molecule has 80 valence electrons. The van der Waals surface area contributed by atoms with E-state index in [1.165, 1.54) is 0 Å². The van der Waals surface area contributed by atoms with Crippen molar-refractivity contribution in [3.8, 4) is 12.1 Å². The van der Waals surface area contributed by atoms with Crippen LogP contribution in [0.5, 0.6) is 0 Å². The third-order valence-electron chi connectivity index (χ3n) is 1.75. The Hall–Kier alpha value is -2.08. The van der Waals surface area contributed by atoms with Gasteiger partial charge < -0.3 is 9.47 Å². The van der Waals surface area contributed by atoms with Gasteiger partial charge in [0.25, 0.3) is 0 Å². The van der Waals surface area contributed by atoms with Crippen molar-refractivity contribution in [2.75, 3.05) is 14.2 Å². The van der Waals surface area contributed by atoms with E-state index in [1.807, 2.05) is 0 Å². The largest absolute Gasteiger partial charge is 0.468 e. The Bertz CT molecular complexity index is 294. The Labute approximate surface area is 87.0 Å². The molecular weight excluding hydrogens is 200 g/mol. The van der Waals surface area contributed by atoms with Crippen LogP contribution in [0.2, 0.25) is 0 Å². The third kappa shape index (κ3) is 3.65. The minimum Gasteiger partial charge on any atom is -0.468 e. The van der Waals surface area contributed by atoms with E-state index in [4.69, 9.17) is 10.5 Å². The van der Waals surface area contributed by atoms with E-state index in [1.54, 1.807) is 12.1 Å². The van der Waals surface area contributed by atoms with Crippen molar-refractivity contribution in [2.45, 2.75) is 6.42 Å². The van der Waals surface area contributed by atoms with Crippen molar-refractivity contribution in [3.05, 3.63) is 0 Å². The minimum absolute atomic E-state index is 0.216. The third-order valence-corrected chi connectivity index (χ3v) is 1.75. The normalized spacial score (nSPS) is 12.8. The summed E-state index contributed by atoms with van der Waals surface area (Å²) in [7, 11) is 2.26. The second-order valence-electron chi connectivity index (χ2n) is 2.65. The predicted octanol–water partition coefficient (Wildman–Crippen LogP) is 0.00206. The Morgan fingerprint density at radius 3 is 1.60 bits per heavy atom. The standard InChI is InChI=1S/C9H10N2O4/c1-14-8(12)6(4-10)3-7(5-11)9(13)15-2/h6-7H,3H2,1-2H3. The van der Waals surface area contributed by atoms with Crippen LogP contribution in [-0.2, 0) is 19.1 Å². The zero-order chi connectivity index (χ0) is 11.8. The highest BCUT2D eigenvalue weighted by Crippen LogP contribution is 2.14. The zero-order valence-corrected chi connectivity index (χ0v) is 8.39. The molecule has 0 bridgehead atoms. The molecule has 2 unspecified atom stereocenters. The van der Waals surface area contributed by atoms with Gasteiger partial charge in [-0.3, -0.25) is 9.59 Å². The molecule has 0 aliphatic rings. The number of nitrogens with zero attached hydrogens (tertiary/aromatic N) is 2. The Balaban J connectivity index is 4.54. The smallest absolute Gasteiger partial charge is 0.323 e. The molecule has 0 fully saturated rings. The second-order valence-corrected chi connectivity index (χ2v) is 2.65. The van der Waals surface area contributed by atoms with Crippen LogP contribution in [0.1, 0.15) is 6.42 Å². The fraction of sp³-hybridized carbons (Fsp3) is 0.556. The molecule has 6 heteroatoms. The molecule has 6 nitrogen and oxygen atoms in total. The van der Waals surface area contributed by atoms with E-state index in [9.17, 15) is 9.59 Å². The monoisotopic (exact) mass is 210 g/mol. The van der Waals surface area contributed by atoms with Gasteiger partial charge in [-0.2, -0.15) is 10.5 Å². The highest BCUT2D eigenvalue weighted by Gasteiger charge is 2.28. The molecule has 0 aromatic carbocycles. The molecule has 0 radical (unpaired) electrons. The van der Waals surface area contributed by atoms with Gasteiger partial charge in [0.05, 0.1) is 26.4 Å². The molecule has 0 aliphatic carbocycles. The molecule has 0 rings (SSSR count). The molecule has 0 aromatic heterocycles. The summed E-state index contributed by atoms with van der Waals surface area (Å²) in [5.74, 6) is -3.78. The Morgan fingerprint density at radius 2 is 1.40 bits per heavy atom. The van der Waals surface area contributed by atoms with Crippen molar-refractivity contribution in [1.29, 1.82) is 10.5 Å². The van der Waals surface area contributed by atoms with Crippen LogP contribution < -0.4 is 0 Å². The topological polar surface area (TPSA) is 100 Å². The molecular formula is C9H10N2O4. The lowest BCUT2D eigenvalue weighted by Crippen LogP contribution is -2.23. The van der Waals surface area contributed by atoms with Crippen molar-refractivity contribution in [1.82, 2.24) is 0 Å². The van der Waals surface area contributed by atoms with Crippen LogP contribution in [0.15, 0.2) is 0 Å². The lowest BCUT2D eigenvalue weighted by atomic mass is 9.97. The molecule has 0 heterocycles. The van der Waals surface area contributed by atoms with Gasteiger partial charge in [-0.1, -0.05) is 0 Å². The maximum absolute atomic E-state index is 11.0. The number of hydrogen-bond donors (Lipinski definition) is 0. The first kappa shape index (κ1) is 12.9. The van der Waals surface area contributed by atoms with Crippen molar-refractivity contribution >= 4 is 11.9 Å². The van der Waals surface area contributed by atoms with Gasteiger partial charge in [0.2, 0.25) is 0 Å². The lowest BCUT2D eigenvalue weighted by Gasteiger charge is -2.09. The molecule has 0 saturated carbocycles. The number of hydrogen-bond acceptors (Lipinski definition) is 6. The number of carbonyl (C=O) groups is 2. The van der Waals surface area contributed by atoms with Gasteiger partial charge in [0, 0.05) is 6.42 Å². The summed E-state index contributed by atoms with van der Waals surface area (Å²) in [5.41, 5.74) is 0. The van der Waals surface area contributed by atoms with Crippen LogP contribution in [0.25, 0.3) is 0 Å². The van der Waals surface area contributed by atoms with Gasteiger partial charge in [0.1, 0.15) is 11.8 Å². The molecule has 2 atom stereocenters. The van der Waals surface area contributed by atoms with Crippen LogP contribution in [0, 0.1) is 34.5 Å². The highest BCUT2D eigenvalue weighted by molar-refractivity contribution is 5.79. The average Bonchev–Trinajstić information content (AvgIpc) is 2.28. The van der Waals surface area contributed by atoms with Crippen molar-refractivity contribution in [2.24, 2.45) is 11.8 Å². The number of nitriles is 2. The summed E-state index contributed by atoms with van der Waals surface area (Å²) >= 11 is 0. The van der Waals surface area contributed by atoms with Crippen LogP contribution in [0.3, 0.4) is 0 Å². The first-order valence-electron chi connectivity index (χ1n) is 4.05. The van der Waals surface area contributed by atoms with Gasteiger partial charge in [0.15, 0.2) is 0 Å². The number of methoxy groups -OCH3 is 2. The van der Waals surface area contributed by atoms with Gasteiger partial charge in [-0.25, -0.2) is 0 Å². The minimum atomic E-state index is -1.13. The molecule has 0 N–H and O–H groups in total. The van der Waals surface area contributed by atoms with E-state index in [-0.39, 0.29) is 6.42 Å². The number of rotatable bonds is 4. The van der Waals surface area contributed by atoms with Gasteiger partial charge in [-0.15, -0.1) is 0 Å². The number of ether oxygens (including phenoxy) is 2. The summed E-state index contributed by atoms with van der Waals surface area (Å²) in [5, 5.41) is 17.2. The maximum atomic E-state index is 11.0. The molecule has 0 spiro atoms. The summed E-state index contributed by atoms with van der Waals surface area (Å²) in [4.78, 5) is 22.0. The first-order chi connectivity index (χ1) is 7.10. The van der Waals surface area contributed by atoms with Crippen molar-refractivity contribution in [3.63, 3.8) is 0 Å². The van der Waals surface area contributed by atoms with Crippen LogP contribution >= 0.6 is 0 Å². The molecule has 0 amide bonds. The van der Waals surface area contributed by atoms with E-state index >= 15 is 0 Å². The molecule has 15 heavy (non-hydrogen) atoms. The first-order valence-corrected chi connectivity index (χ1v) is 4.05. The molecule has 0 aromatic rings. The van der Waals surface area contributed by atoms with E-state index in [0.29, 0.717) is 0 Å². The van der Waals surface area contributed by atoms with Gasteiger partial charge in [-0.05, 0) is 0 Å². The summed E-state index contributed by atoms with van der Waals surface area (Å²) in [6.45, 7) is 0. The van der Waals surface area contributed by atoms with Crippen LogP contribution in [0.4, 0.5) is 0 Å². The average molecular weight is 210 g/mol. The summed E-state index contributed by atoms with van der Waals surface area (Å²) in [6, 6.07) is 3.33. The van der Waals surface area contributed by atoms with E-state index < -0.39 is 23.8 Å². The fourth-order valence-electron chi connectivity index (χ4n) is 0.923. The SMILES string of the molecule is COC(=O)C(C#N)CC(C#N)C(=O)OC. The molecule has 0 saturated heterocycles. The van der Waals surface area contributed by atoms with Crippen molar-refractivity contribution < 1.29 is 19.1 Å². The summed E-state index contributed by atoms with van der Waals surface area (Å²) in [6.07, 6.45) is -0.216. The Kier molecular flexibility index (Phi) is 5.50. The number of carbonyl (C=O) groups excluding carboxylic acids is 2. The lowest BCUT2D eigenvalue weighted by molar-refractivity contribution is -0.146. The van der Waals surface area contributed by atoms with Gasteiger partial charge >= 0.3 is 11.9 Å². The zero-order valence-electron chi connectivity index (χ0n) is 8.39. The second kappa shape index (κ2) is 6.39. The predicted molar refractivity (Wildman–Crippen MR) is 46.9 cm³/mol. The quantitative estimate of drug-likeness (QED) is 0.605. The Morgan fingerprint density at radius 1 is 1.07 bits per heavy atom. The maximum Gasteiger partial charge on any atom is 0.323 e. The number of esters is 2. The fourth-order valence-corrected chi connectivity index (χ4v) is 0.923. The van der Waals surface area contributed by atoms with E-state index in [2.05, 4.69) is 9.47 Å². The highest BCUT2D eigenvalue weighted by atomic mass is 16.5. The molecule has 0 aliphatic heterocycles. The van der Waals surface area contributed by atoms with Crippen LogP contribution in [-0.4, -0.2) is 26.2 Å². The summed E-state index contributed by atoms with van der Waals surface area (Å²) < 4.78 is 8.68.